The fraction of sp³-hybridized carbons (Fsp3) is 0.0952. The van der Waals surface area contributed by atoms with Crippen LogP contribution in [0.4, 0.5) is 10.5 Å². The van der Waals surface area contributed by atoms with Crippen LogP contribution in [0.25, 0.3) is 11.1 Å². The molecule has 0 saturated carbocycles. The van der Waals surface area contributed by atoms with Gasteiger partial charge in [-0.15, -0.1) is 0 Å². The number of amides is 2. The van der Waals surface area contributed by atoms with Gasteiger partial charge in [0.25, 0.3) is 0 Å². The second kappa shape index (κ2) is 6.69. The van der Waals surface area contributed by atoms with Crippen LogP contribution in [-0.2, 0) is 0 Å². The highest BCUT2D eigenvalue weighted by Gasteiger charge is 2.25. The Balaban J connectivity index is 1.51. The van der Waals surface area contributed by atoms with Crippen molar-refractivity contribution in [3.63, 3.8) is 0 Å². The molecule has 0 aliphatic carbocycles. The van der Waals surface area contributed by atoms with Crippen molar-refractivity contribution in [1.29, 1.82) is 0 Å². The van der Waals surface area contributed by atoms with Gasteiger partial charge in [0.15, 0.2) is 0 Å². The number of fused-ring (bicyclic) bond motifs is 1. The van der Waals surface area contributed by atoms with E-state index in [-0.39, 0.29) is 12.1 Å². The van der Waals surface area contributed by atoms with Gasteiger partial charge < -0.3 is 15.4 Å². The maximum atomic E-state index is 12.5. The predicted molar refractivity (Wildman–Crippen MR) is 98.7 cm³/mol. The van der Waals surface area contributed by atoms with E-state index in [2.05, 4.69) is 10.6 Å². The number of carbonyl (C=O) groups excluding carboxylic acids is 1. The van der Waals surface area contributed by atoms with E-state index < -0.39 is 0 Å². The third-order valence-corrected chi connectivity index (χ3v) is 4.27. The van der Waals surface area contributed by atoms with Gasteiger partial charge in [-0.1, -0.05) is 66.7 Å². The number of hydrogen-bond donors (Lipinski definition) is 2. The number of anilines is 1. The van der Waals surface area contributed by atoms with E-state index in [0.717, 1.165) is 28.1 Å². The van der Waals surface area contributed by atoms with Gasteiger partial charge in [-0.3, -0.25) is 0 Å². The van der Waals surface area contributed by atoms with Crippen LogP contribution in [0.5, 0.6) is 5.75 Å². The standard InChI is InChI=1S/C21H18N2O2/c24-21(23-19-14-25-20-13-7-5-11-17(19)20)22-18-12-6-4-10-16(18)15-8-2-1-3-9-15/h1-13,19H,14H2,(H2,22,23,24)/t19-/m1/s1. The first kappa shape index (κ1) is 15.3. The molecule has 3 aromatic carbocycles. The lowest BCUT2D eigenvalue weighted by molar-refractivity contribution is 0.243. The minimum absolute atomic E-state index is 0.139. The smallest absolute Gasteiger partial charge is 0.319 e. The molecular formula is C21H18N2O2. The second-order valence-electron chi connectivity index (χ2n) is 5.91. The fourth-order valence-electron chi connectivity index (χ4n) is 3.06. The molecule has 3 aromatic rings. The van der Waals surface area contributed by atoms with Crippen molar-refractivity contribution < 1.29 is 9.53 Å². The monoisotopic (exact) mass is 330 g/mol. The first-order valence-electron chi connectivity index (χ1n) is 8.25. The van der Waals surface area contributed by atoms with Crippen molar-refractivity contribution in [2.45, 2.75) is 6.04 Å². The van der Waals surface area contributed by atoms with Gasteiger partial charge in [0.05, 0.1) is 11.7 Å². The molecule has 4 rings (SSSR count). The zero-order valence-electron chi connectivity index (χ0n) is 13.6. The van der Waals surface area contributed by atoms with Gasteiger partial charge in [0, 0.05) is 11.1 Å². The lowest BCUT2D eigenvalue weighted by Crippen LogP contribution is -2.33. The van der Waals surface area contributed by atoms with Gasteiger partial charge in [-0.05, 0) is 17.7 Å². The summed E-state index contributed by atoms with van der Waals surface area (Å²) < 4.78 is 5.61. The Bertz CT molecular complexity index is 893. The quantitative estimate of drug-likeness (QED) is 0.737. The van der Waals surface area contributed by atoms with Crippen molar-refractivity contribution in [1.82, 2.24) is 5.32 Å². The minimum atomic E-state index is -0.242. The molecule has 0 unspecified atom stereocenters. The van der Waals surface area contributed by atoms with Crippen molar-refractivity contribution >= 4 is 11.7 Å². The van der Waals surface area contributed by atoms with Crippen LogP contribution >= 0.6 is 0 Å². The summed E-state index contributed by atoms with van der Waals surface area (Å²) in [6.07, 6.45) is 0. The number of benzene rings is 3. The number of hydrogen-bond acceptors (Lipinski definition) is 2. The van der Waals surface area contributed by atoms with E-state index in [4.69, 9.17) is 4.74 Å². The third-order valence-electron chi connectivity index (χ3n) is 4.27. The van der Waals surface area contributed by atoms with Crippen molar-refractivity contribution in [3.8, 4) is 16.9 Å². The highest BCUT2D eigenvalue weighted by atomic mass is 16.5. The van der Waals surface area contributed by atoms with Gasteiger partial charge in [-0.2, -0.15) is 0 Å². The van der Waals surface area contributed by atoms with Crippen LogP contribution < -0.4 is 15.4 Å². The molecule has 4 heteroatoms. The highest BCUT2D eigenvalue weighted by Crippen LogP contribution is 2.32. The molecule has 2 amide bonds. The number of urea groups is 1. The highest BCUT2D eigenvalue weighted by molar-refractivity contribution is 5.94. The van der Waals surface area contributed by atoms with Gasteiger partial charge in [0.2, 0.25) is 0 Å². The van der Waals surface area contributed by atoms with Gasteiger partial charge in [-0.25, -0.2) is 4.79 Å². The van der Waals surface area contributed by atoms with E-state index in [9.17, 15) is 4.79 Å². The molecule has 0 aromatic heterocycles. The maximum Gasteiger partial charge on any atom is 0.319 e. The number of para-hydroxylation sites is 2. The van der Waals surface area contributed by atoms with E-state index in [0.29, 0.717) is 6.61 Å². The molecule has 1 heterocycles. The number of rotatable bonds is 3. The molecule has 124 valence electrons. The zero-order chi connectivity index (χ0) is 17.1. The third kappa shape index (κ3) is 3.19. The molecule has 4 nitrogen and oxygen atoms in total. The predicted octanol–water partition coefficient (Wildman–Crippen LogP) is 4.61. The summed E-state index contributed by atoms with van der Waals surface area (Å²) in [4.78, 5) is 12.5. The van der Waals surface area contributed by atoms with E-state index in [1.165, 1.54) is 0 Å². The topological polar surface area (TPSA) is 50.4 Å². The van der Waals surface area contributed by atoms with Crippen molar-refractivity contribution in [2.75, 3.05) is 11.9 Å². The molecule has 1 aliphatic rings. The van der Waals surface area contributed by atoms with Crippen molar-refractivity contribution in [3.05, 3.63) is 84.4 Å². The average Bonchev–Trinajstić information content (AvgIpc) is 3.06. The SMILES string of the molecule is O=C(Nc1ccccc1-c1ccccc1)N[C@@H]1COc2ccccc21. The molecule has 1 aliphatic heterocycles. The largest absolute Gasteiger partial charge is 0.491 e. The summed E-state index contributed by atoms with van der Waals surface area (Å²) >= 11 is 0. The van der Waals surface area contributed by atoms with Crippen LogP contribution in [0.2, 0.25) is 0 Å². The summed E-state index contributed by atoms with van der Waals surface area (Å²) in [5.41, 5.74) is 3.83. The zero-order valence-corrected chi connectivity index (χ0v) is 13.6. The summed E-state index contributed by atoms with van der Waals surface area (Å²) in [6, 6.07) is 25.2. The minimum Gasteiger partial charge on any atom is -0.491 e. The normalized spacial score (nSPS) is 15.1. The summed E-state index contributed by atoms with van der Waals surface area (Å²) in [5, 5.41) is 5.95. The number of nitrogens with one attached hydrogen (secondary N) is 2. The molecular weight excluding hydrogens is 312 g/mol. The lowest BCUT2D eigenvalue weighted by atomic mass is 10.0. The van der Waals surface area contributed by atoms with E-state index in [1.54, 1.807) is 0 Å². The first-order chi connectivity index (χ1) is 12.3. The Hall–Kier alpha value is -3.27. The van der Waals surface area contributed by atoms with Crippen molar-refractivity contribution in [2.24, 2.45) is 0 Å². The summed E-state index contributed by atoms with van der Waals surface area (Å²) in [6.45, 7) is 0.451. The van der Waals surface area contributed by atoms with Crippen LogP contribution in [0.15, 0.2) is 78.9 Å². The molecule has 0 spiro atoms. The molecule has 25 heavy (non-hydrogen) atoms. The van der Waals surface area contributed by atoms with Crippen LogP contribution in [0.1, 0.15) is 11.6 Å². The number of ether oxygens (including phenoxy) is 1. The Morgan fingerprint density at radius 2 is 1.60 bits per heavy atom. The Kier molecular flexibility index (Phi) is 4.09. The maximum absolute atomic E-state index is 12.5. The summed E-state index contributed by atoms with van der Waals surface area (Å²) in [5.74, 6) is 0.831. The van der Waals surface area contributed by atoms with Crippen LogP contribution in [-0.4, -0.2) is 12.6 Å². The molecule has 0 radical (unpaired) electrons. The summed E-state index contributed by atoms with van der Waals surface area (Å²) in [7, 11) is 0. The molecule has 0 saturated heterocycles. The lowest BCUT2D eigenvalue weighted by Gasteiger charge is -2.15. The molecule has 2 N–H and O–H groups in total. The molecule has 1 atom stereocenters. The first-order valence-corrected chi connectivity index (χ1v) is 8.25. The molecule has 0 bridgehead atoms. The van der Waals surface area contributed by atoms with Crippen LogP contribution in [0.3, 0.4) is 0 Å². The fourth-order valence-corrected chi connectivity index (χ4v) is 3.06. The Morgan fingerprint density at radius 3 is 2.48 bits per heavy atom. The Labute approximate surface area is 146 Å². The van der Waals surface area contributed by atoms with Gasteiger partial charge >= 0.3 is 6.03 Å². The molecule has 0 fully saturated rings. The average molecular weight is 330 g/mol. The second-order valence-corrected chi connectivity index (χ2v) is 5.91. The van der Waals surface area contributed by atoms with E-state index >= 15 is 0 Å². The number of carbonyl (C=O) groups is 1. The Morgan fingerprint density at radius 1 is 0.880 bits per heavy atom. The van der Waals surface area contributed by atoms with Gasteiger partial charge in [0.1, 0.15) is 12.4 Å². The van der Waals surface area contributed by atoms with Crippen LogP contribution in [0, 0.1) is 0 Å². The van der Waals surface area contributed by atoms with E-state index in [1.807, 2.05) is 78.9 Å².